The van der Waals surface area contributed by atoms with E-state index in [9.17, 15) is 0 Å². The Bertz CT molecular complexity index is 364. The Balaban J connectivity index is 2.45. The highest BCUT2D eigenvalue weighted by molar-refractivity contribution is 5.08. The van der Waals surface area contributed by atoms with Crippen LogP contribution in [0.2, 0.25) is 0 Å². The Hall–Kier alpha value is 0. The Morgan fingerprint density at radius 2 is 1.52 bits per heavy atom. The lowest BCUT2D eigenvalue weighted by molar-refractivity contribution is -0.0160. The highest BCUT2D eigenvalue weighted by Gasteiger charge is 2.59. The monoisotopic (exact) mass is 292 g/mol. The molecule has 0 radical (unpaired) electrons. The topological polar surface area (TPSA) is 0 Å². The van der Waals surface area contributed by atoms with Gasteiger partial charge in [-0.05, 0) is 65.6 Å². The van der Waals surface area contributed by atoms with Gasteiger partial charge in [0.05, 0.1) is 0 Å². The molecule has 0 aromatic heterocycles. The second-order valence-electron chi connectivity index (χ2n) is 10.0. The lowest BCUT2D eigenvalue weighted by Gasteiger charge is -2.50. The second kappa shape index (κ2) is 5.57. The molecule has 21 heavy (non-hydrogen) atoms. The van der Waals surface area contributed by atoms with Gasteiger partial charge in [0.2, 0.25) is 0 Å². The first-order valence-corrected chi connectivity index (χ1v) is 9.59. The Morgan fingerprint density at radius 1 is 0.905 bits per heavy atom. The van der Waals surface area contributed by atoms with Crippen molar-refractivity contribution in [3.8, 4) is 0 Å². The first-order chi connectivity index (χ1) is 9.59. The Morgan fingerprint density at radius 3 is 1.95 bits per heavy atom. The molecule has 2 fully saturated rings. The molecule has 124 valence electrons. The highest BCUT2D eigenvalue weighted by atomic mass is 14.6. The maximum atomic E-state index is 2.63. The van der Waals surface area contributed by atoms with Gasteiger partial charge in [0.25, 0.3) is 0 Å². The van der Waals surface area contributed by atoms with Crippen LogP contribution in [-0.2, 0) is 0 Å². The van der Waals surface area contributed by atoms with Crippen LogP contribution >= 0.6 is 0 Å². The van der Waals surface area contributed by atoms with Crippen molar-refractivity contribution in [3.63, 3.8) is 0 Å². The van der Waals surface area contributed by atoms with Crippen molar-refractivity contribution in [3.05, 3.63) is 0 Å². The number of hydrogen-bond acceptors (Lipinski definition) is 0. The maximum Gasteiger partial charge on any atom is -0.0233 e. The molecular weight excluding hydrogens is 252 g/mol. The average molecular weight is 293 g/mol. The molecule has 2 aliphatic carbocycles. The average Bonchev–Trinajstić information content (AvgIpc) is 2.55. The summed E-state index contributed by atoms with van der Waals surface area (Å²) in [5.74, 6) is 3.64. The van der Waals surface area contributed by atoms with E-state index in [-0.39, 0.29) is 0 Å². The van der Waals surface area contributed by atoms with E-state index < -0.39 is 0 Å². The normalized spacial score (nSPS) is 45.7. The van der Waals surface area contributed by atoms with Crippen molar-refractivity contribution >= 4 is 0 Å². The van der Waals surface area contributed by atoms with Crippen LogP contribution in [0.15, 0.2) is 0 Å². The zero-order valence-electron chi connectivity index (χ0n) is 16.1. The standard InChI is InChI=1S/C21H40/c1-9-17-11-15(3)12-21(20(7,8)18(17)10-2)13-16(4)19(5,6)14-21/h15-18H,9-14H2,1-8H3. The predicted molar refractivity (Wildman–Crippen MR) is 94.4 cm³/mol. The van der Waals surface area contributed by atoms with Gasteiger partial charge in [-0.2, -0.15) is 0 Å². The Labute approximate surface area is 134 Å². The van der Waals surface area contributed by atoms with E-state index in [4.69, 9.17) is 0 Å². The van der Waals surface area contributed by atoms with Gasteiger partial charge < -0.3 is 0 Å². The second-order valence-corrected chi connectivity index (χ2v) is 10.0. The quantitative estimate of drug-likeness (QED) is 0.517. The molecule has 0 amide bonds. The summed E-state index contributed by atoms with van der Waals surface area (Å²) in [5.41, 5.74) is 1.61. The van der Waals surface area contributed by atoms with Gasteiger partial charge in [-0.1, -0.05) is 68.2 Å². The van der Waals surface area contributed by atoms with Crippen molar-refractivity contribution < 1.29 is 0 Å². The zero-order chi connectivity index (χ0) is 16.1. The summed E-state index contributed by atoms with van der Waals surface area (Å²) < 4.78 is 0. The molecule has 0 nitrogen and oxygen atoms in total. The lowest BCUT2D eigenvalue weighted by atomic mass is 9.54. The first kappa shape index (κ1) is 17.4. The van der Waals surface area contributed by atoms with Gasteiger partial charge in [0, 0.05) is 0 Å². The van der Waals surface area contributed by atoms with Crippen molar-refractivity contribution in [1.82, 2.24) is 0 Å². The molecule has 0 N–H and O–H groups in total. The third-order valence-electron chi connectivity index (χ3n) is 8.10. The number of hydrogen-bond donors (Lipinski definition) is 0. The fraction of sp³-hybridized carbons (Fsp3) is 1.00. The third-order valence-corrected chi connectivity index (χ3v) is 8.10. The summed E-state index contributed by atoms with van der Waals surface area (Å²) >= 11 is 0. The van der Waals surface area contributed by atoms with Crippen LogP contribution in [0, 0.1) is 39.9 Å². The van der Waals surface area contributed by atoms with Gasteiger partial charge in [-0.3, -0.25) is 0 Å². The molecule has 0 aliphatic heterocycles. The first-order valence-electron chi connectivity index (χ1n) is 9.59. The molecule has 0 heterocycles. The molecule has 0 heteroatoms. The number of rotatable bonds is 2. The van der Waals surface area contributed by atoms with Crippen molar-refractivity contribution in [2.75, 3.05) is 0 Å². The van der Waals surface area contributed by atoms with E-state index in [1.807, 2.05) is 0 Å². The van der Waals surface area contributed by atoms with Gasteiger partial charge in [0.15, 0.2) is 0 Å². The minimum Gasteiger partial charge on any atom is -0.0651 e. The van der Waals surface area contributed by atoms with Crippen LogP contribution in [0.3, 0.4) is 0 Å². The lowest BCUT2D eigenvalue weighted by Crippen LogP contribution is -2.43. The van der Waals surface area contributed by atoms with Crippen LogP contribution in [0.5, 0.6) is 0 Å². The maximum absolute atomic E-state index is 2.63. The van der Waals surface area contributed by atoms with Crippen molar-refractivity contribution in [1.29, 1.82) is 0 Å². The fourth-order valence-corrected chi connectivity index (χ4v) is 6.60. The van der Waals surface area contributed by atoms with Crippen LogP contribution in [0.1, 0.15) is 93.9 Å². The smallest absolute Gasteiger partial charge is 0.0233 e. The van der Waals surface area contributed by atoms with Crippen LogP contribution in [-0.4, -0.2) is 0 Å². The highest BCUT2D eigenvalue weighted by Crippen LogP contribution is 2.67. The molecule has 0 saturated heterocycles. The molecule has 2 rings (SSSR count). The van der Waals surface area contributed by atoms with Crippen molar-refractivity contribution in [2.24, 2.45) is 39.9 Å². The van der Waals surface area contributed by atoms with Gasteiger partial charge in [-0.15, -0.1) is 0 Å². The molecule has 1 spiro atoms. The molecule has 2 aliphatic rings. The van der Waals surface area contributed by atoms with E-state index in [0.717, 1.165) is 23.7 Å². The molecule has 0 bridgehead atoms. The van der Waals surface area contributed by atoms with E-state index in [1.165, 1.54) is 38.5 Å². The zero-order valence-corrected chi connectivity index (χ0v) is 16.1. The third kappa shape index (κ3) is 2.70. The molecule has 0 aromatic rings. The van der Waals surface area contributed by atoms with E-state index in [2.05, 4.69) is 55.4 Å². The summed E-state index contributed by atoms with van der Waals surface area (Å²) in [6.45, 7) is 20.2. The molecule has 0 aromatic carbocycles. The molecule has 2 saturated carbocycles. The van der Waals surface area contributed by atoms with Crippen molar-refractivity contribution in [2.45, 2.75) is 93.9 Å². The summed E-state index contributed by atoms with van der Waals surface area (Å²) in [7, 11) is 0. The summed E-state index contributed by atoms with van der Waals surface area (Å²) in [5, 5.41) is 0. The minimum absolute atomic E-state index is 0.495. The SMILES string of the molecule is CCC1CC(C)CC2(CC(C)C(C)(C)C2)C(C)(C)C1CC. The van der Waals surface area contributed by atoms with Gasteiger partial charge >= 0.3 is 0 Å². The van der Waals surface area contributed by atoms with E-state index >= 15 is 0 Å². The fourth-order valence-electron chi connectivity index (χ4n) is 6.60. The molecule has 5 atom stereocenters. The Kier molecular flexibility index (Phi) is 4.60. The van der Waals surface area contributed by atoms with E-state index in [0.29, 0.717) is 16.2 Å². The minimum atomic E-state index is 0.495. The van der Waals surface area contributed by atoms with Crippen LogP contribution < -0.4 is 0 Å². The summed E-state index contributed by atoms with van der Waals surface area (Å²) in [6.07, 6.45) is 8.60. The molecular formula is C21H40. The summed E-state index contributed by atoms with van der Waals surface area (Å²) in [6, 6.07) is 0. The van der Waals surface area contributed by atoms with Crippen LogP contribution in [0.4, 0.5) is 0 Å². The summed E-state index contributed by atoms with van der Waals surface area (Å²) in [4.78, 5) is 0. The largest absolute Gasteiger partial charge is 0.0651 e. The van der Waals surface area contributed by atoms with Gasteiger partial charge in [0.1, 0.15) is 0 Å². The van der Waals surface area contributed by atoms with E-state index in [1.54, 1.807) is 0 Å². The predicted octanol–water partition coefficient (Wildman–Crippen LogP) is 6.94. The van der Waals surface area contributed by atoms with Crippen LogP contribution in [0.25, 0.3) is 0 Å². The van der Waals surface area contributed by atoms with Gasteiger partial charge in [-0.25, -0.2) is 0 Å². The molecule has 5 unspecified atom stereocenters.